The number of rotatable bonds is 5. The maximum Gasteiger partial charge on any atom is 0.104 e. The smallest absolute Gasteiger partial charge is 0.104 e. The predicted molar refractivity (Wildman–Crippen MR) is 78.3 cm³/mol. The van der Waals surface area contributed by atoms with E-state index in [1.807, 2.05) is 24.4 Å². The molecule has 1 aromatic carbocycles. The van der Waals surface area contributed by atoms with E-state index in [-0.39, 0.29) is 6.04 Å². The Morgan fingerprint density at radius 2 is 2.15 bits per heavy atom. The van der Waals surface area contributed by atoms with E-state index in [0.29, 0.717) is 0 Å². The molecule has 0 aliphatic rings. The molecule has 0 radical (unpaired) electrons. The van der Waals surface area contributed by atoms with E-state index in [0.717, 1.165) is 35.1 Å². The Morgan fingerprint density at radius 3 is 2.95 bits per heavy atom. The van der Waals surface area contributed by atoms with Gasteiger partial charge in [-0.15, -0.1) is 0 Å². The van der Waals surface area contributed by atoms with Crippen LogP contribution in [0.5, 0.6) is 0 Å². The second kappa shape index (κ2) is 5.79. The zero-order chi connectivity index (χ0) is 13.8. The molecule has 3 aromatic rings. The summed E-state index contributed by atoms with van der Waals surface area (Å²) < 4.78 is 0. The Labute approximate surface area is 117 Å². The molecule has 0 aliphatic carbocycles. The molecular formula is C15H17N5. The Balaban J connectivity index is 1.99. The van der Waals surface area contributed by atoms with Crippen molar-refractivity contribution in [2.75, 3.05) is 6.54 Å². The Kier molecular flexibility index (Phi) is 3.69. The number of hydrogen-bond donors (Lipinski definition) is 2. The molecule has 102 valence electrons. The molecule has 1 atom stereocenters. The van der Waals surface area contributed by atoms with Crippen molar-refractivity contribution in [3.05, 3.63) is 54.0 Å². The van der Waals surface area contributed by atoms with Crippen molar-refractivity contribution in [2.45, 2.75) is 19.4 Å². The summed E-state index contributed by atoms with van der Waals surface area (Å²) in [5, 5.41) is 15.4. The fraction of sp³-hybridized carbons (Fsp3) is 0.267. The van der Waals surface area contributed by atoms with Gasteiger partial charge in [0.15, 0.2) is 0 Å². The van der Waals surface area contributed by atoms with Crippen LogP contribution in [0.15, 0.2) is 42.7 Å². The number of aromatic nitrogens is 4. The SMILES string of the molecule is CCCNC(c1cnc2ccccc2c1)c1cn[nH]n1. The van der Waals surface area contributed by atoms with Crippen LogP contribution in [0.3, 0.4) is 0 Å². The molecule has 20 heavy (non-hydrogen) atoms. The van der Waals surface area contributed by atoms with Crippen molar-refractivity contribution < 1.29 is 0 Å². The molecule has 3 rings (SSSR count). The number of benzene rings is 1. The summed E-state index contributed by atoms with van der Waals surface area (Å²) >= 11 is 0. The second-order valence-corrected chi connectivity index (χ2v) is 4.74. The monoisotopic (exact) mass is 267 g/mol. The minimum Gasteiger partial charge on any atom is -0.305 e. The van der Waals surface area contributed by atoms with Crippen LogP contribution in [0.4, 0.5) is 0 Å². The molecule has 0 amide bonds. The largest absolute Gasteiger partial charge is 0.305 e. The molecule has 0 bridgehead atoms. The number of nitrogens with zero attached hydrogens (tertiary/aromatic N) is 3. The van der Waals surface area contributed by atoms with Crippen molar-refractivity contribution in [3.8, 4) is 0 Å². The maximum absolute atomic E-state index is 4.52. The van der Waals surface area contributed by atoms with Gasteiger partial charge < -0.3 is 5.32 Å². The average Bonchev–Trinajstić information content (AvgIpc) is 3.02. The third-order valence-corrected chi connectivity index (χ3v) is 3.27. The van der Waals surface area contributed by atoms with Crippen molar-refractivity contribution in [1.29, 1.82) is 0 Å². The molecule has 5 heteroatoms. The minimum absolute atomic E-state index is 0.0193. The lowest BCUT2D eigenvalue weighted by Crippen LogP contribution is -2.23. The number of nitrogens with one attached hydrogen (secondary N) is 2. The molecule has 2 aromatic heterocycles. The number of H-pyrrole nitrogens is 1. The van der Waals surface area contributed by atoms with Crippen LogP contribution in [0.2, 0.25) is 0 Å². The first kappa shape index (κ1) is 12.7. The van der Waals surface area contributed by atoms with E-state index in [1.165, 1.54) is 0 Å². The standard InChI is InChI=1S/C15H17N5/c1-2-7-16-15(14-10-18-20-19-14)12-8-11-5-3-4-6-13(11)17-9-12/h3-6,8-10,15-16H,2,7H2,1H3,(H,18,19,20). The van der Waals surface area contributed by atoms with E-state index in [9.17, 15) is 0 Å². The number of aromatic amines is 1. The highest BCUT2D eigenvalue weighted by atomic mass is 15.3. The van der Waals surface area contributed by atoms with E-state index < -0.39 is 0 Å². The molecule has 0 saturated carbocycles. The molecule has 0 saturated heterocycles. The molecule has 0 spiro atoms. The molecule has 0 fully saturated rings. The van der Waals surface area contributed by atoms with Gasteiger partial charge in [0.25, 0.3) is 0 Å². The van der Waals surface area contributed by atoms with Gasteiger partial charge in [0.1, 0.15) is 5.69 Å². The van der Waals surface area contributed by atoms with Gasteiger partial charge in [-0.25, -0.2) is 0 Å². The maximum atomic E-state index is 4.52. The van der Waals surface area contributed by atoms with Crippen molar-refractivity contribution in [1.82, 2.24) is 25.7 Å². The van der Waals surface area contributed by atoms with E-state index >= 15 is 0 Å². The van der Waals surface area contributed by atoms with Crippen LogP contribution in [0.25, 0.3) is 10.9 Å². The summed E-state index contributed by atoms with van der Waals surface area (Å²) in [5.74, 6) is 0. The fourth-order valence-electron chi connectivity index (χ4n) is 2.28. The Hall–Kier alpha value is -2.27. The molecule has 1 unspecified atom stereocenters. The zero-order valence-corrected chi connectivity index (χ0v) is 11.4. The van der Waals surface area contributed by atoms with E-state index in [4.69, 9.17) is 0 Å². The van der Waals surface area contributed by atoms with Gasteiger partial charge in [0.05, 0.1) is 17.8 Å². The van der Waals surface area contributed by atoms with Crippen LogP contribution in [0, 0.1) is 0 Å². The number of hydrogen-bond acceptors (Lipinski definition) is 4. The minimum atomic E-state index is 0.0193. The summed E-state index contributed by atoms with van der Waals surface area (Å²) in [5.41, 5.74) is 2.99. The van der Waals surface area contributed by atoms with Gasteiger partial charge in [-0.05, 0) is 30.7 Å². The van der Waals surface area contributed by atoms with Gasteiger partial charge in [-0.2, -0.15) is 15.4 Å². The van der Waals surface area contributed by atoms with E-state index in [2.05, 4.69) is 44.8 Å². The second-order valence-electron chi connectivity index (χ2n) is 4.74. The molecule has 5 nitrogen and oxygen atoms in total. The zero-order valence-electron chi connectivity index (χ0n) is 11.4. The van der Waals surface area contributed by atoms with Gasteiger partial charge in [-0.1, -0.05) is 25.1 Å². The summed E-state index contributed by atoms with van der Waals surface area (Å²) in [4.78, 5) is 4.52. The highest BCUT2D eigenvalue weighted by molar-refractivity contribution is 5.78. The number of para-hydroxylation sites is 1. The van der Waals surface area contributed by atoms with Crippen LogP contribution in [0.1, 0.15) is 30.6 Å². The Bertz CT molecular complexity index is 678. The predicted octanol–water partition coefficient (Wildman–Crippen LogP) is 2.44. The summed E-state index contributed by atoms with van der Waals surface area (Å²) in [6.07, 6.45) is 4.72. The third-order valence-electron chi connectivity index (χ3n) is 3.27. The highest BCUT2D eigenvalue weighted by Crippen LogP contribution is 2.22. The van der Waals surface area contributed by atoms with Crippen molar-refractivity contribution in [3.63, 3.8) is 0 Å². The quantitative estimate of drug-likeness (QED) is 0.745. The van der Waals surface area contributed by atoms with E-state index in [1.54, 1.807) is 6.20 Å². The van der Waals surface area contributed by atoms with Crippen LogP contribution in [-0.4, -0.2) is 26.9 Å². The first-order chi connectivity index (χ1) is 9.88. The van der Waals surface area contributed by atoms with Crippen LogP contribution >= 0.6 is 0 Å². The summed E-state index contributed by atoms with van der Waals surface area (Å²) in [6, 6.07) is 10.3. The topological polar surface area (TPSA) is 66.5 Å². The Morgan fingerprint density at radius 1 is 1.25 bits per heavy atom. The van der Waals surface area contributed by atoms with Crippen molar-refractivity contribution in [2.24, 2.45) is 0 Å². The summed E-state index contributed by atoms with van der Waals surface area (Å²) in [6.45, 7) is 3.07. The summed E-state index contributed by atoms with van der Waals surface area (Å²) in [7, 11) is 0. The molecular weight excluding hydrogens is 250 g/mol. The first-order valence-electron chi connectivity index (χ1n) is 6.82. The lowest BCUT2D eigenvalue weighted by Gasteiger charge is -2.16. The lowest BCUT2D eigenvalue weighted by molar-refractivity contribution is 0.584. The van der Waals surface area contributed by atoms with Gasteiger partial charge >= 0.3 is 0 Å². The molecule has 2 N–H and O–H groups in total. The normalized spacial score (nSPS) is 12.7. The third kappa shape index (κ3) is 2.53. The van der Waals surface area contributed by atoms with Crippen molar-refractivity contribution >= 4 is 10.9 Å². The van der Waals surface area contributed by atoms with Gasteiger partial charge in [0, 0.05) is 11.6 Å². The van der Waals surface area contributed by atoms with Crippen LogP contribution in [-0.2, 0) is 0 Å². The fourth-order valence-corrected chi connectivity index (χ4v) is 2.28. The average molecular weight is 267 g/mol. The molecule has 2 heterocycles. The highest BCUT2D eigenvalue weighted by Gasteiger charge is 2.16. The number of fused-ring (bicyclic) bond motifs is 1. The lowest BCUT2D eigenvalue weighted by atomic mass is 10.0. The van der Waals surface area contributed by atoms with Gasteiger partial charge in [-0.3, -0.25) is 4.98 Å². The van der Waals surface area contributed by atoms with Gasteiger partial charge in [0.2, 0.25) is 0 Å². The number of pyridine rings is 1. The van der Waals surface area contributed by atoms with Crippen LogP contribution < -0.4 is 5.32 Å². The first-order valence-corrected chi connectivity index (χ1v) is 6.82. The molecule has 0 aliphatic heterocycles.